The minimum absolute atomic E-state index is 0. The Morgan fingerprint density at radius 2 is 2.00 bits per heavy atom. The quantitative estimate of drug-likeness (QED) is 0.501. The first-order valence-corrected chi connectivity index (χ1v) is 3.37. The van der Waals surface area contributed by atoms with Gasteiger partial charge in [-0.1, -0.05) is 25.6 Å². The number of nitrogens with two attached hydrogens (primary N) is 2. The molecule has 5 N–H and O–H groups in total. The third kappa shape index (κ3) is 3.92. The summed E-state index contributed by atoms with van der Waals surface area (Å²) in [6.07, 6.45) is 0. The summed E-state index contributed by atoms with van der Waals surface area (Å²) in [5.74, 6) is 0.0836. The fraction of sp³-hybridized carbons (Fsp3) is 0.222. The van der Waals surface area contributed by atoms with E-state index in [0.29, 0.717) is 6.54 Å². The normalized spacial score (nSPS) is 8.08. The third-order valence-electron chi connectivity index (χ3n) is 1.47. The number of benzene rings is 1. The highest BCUT2D eigenvalue weighted by atomic mass is 35.5. The Morgan fingerprint density at radius 3 is 2.46 bits per heavy atom. The molecule has 4 heteroatoms. The van der Waals surface area contributed by atoms with Crippen molar-refractivity contribution >= 4 is 18.2 Å². The standard InChI is InChI=1S/C8H11N3.CH4.ClH/c9-5-6-2-1-3-7(4-6)8(10)11;;/h1-4H,5,9H2,(H3,10,11);1H4;1H. The van der Waals surface area contributed by atoms with Crippen molar-refractivity contribution in [1.82, 2.24) is 0 Å². The van der Waals surface area contributed by atoms with E-state index in [1.54, 1.807) is 6.07 Å². The summed E-state index contributed by atoms with van der Waals surface area (Å²) in [6, 6.07) is 7.37. The molecular formula is C9H16ClN3. The zero-order chi connectivity index (χ0) is 8.27. The van der Waals surface area contributed by atoms with Crippen molar-refractivity contribution in [3.8, 4) is 0 Å². The molecule has 3 nitrogen and oxygen atoms in total. The molecule has 0 radical (unpaired) electrons. The van der Waals surface area contributed by atoms with Crippen LogP contribution in [0.4, 0.5) is 0 Å². The van der Waals surface area contributed by atoms with Gasteiger partial charge >= 0.3 is 0 Å². The van der Waals surface area contributed by atoms with Crippen LogP contribution in [0.3, 0.4) is 0 Å². The van der Waals surface area contributed by atoms with Gasteiger partial charge in [0.15, 0.2) is 0 Å². The summed E-state index contributed by atoms with van der Waals surface area (Å²) in [6.45, 7) is 0.487. The van der Waals surface area contributed by atoms with Crippen molar-refractivity contribution in [1.29, 1.82) is 5.41 Å². The molecule has 0 unspecified atom stereocenters. The first-order chi connectivity index (χ1) is 5.24. The number of hydrogen-bond donors (Lipinski definition) is 3. The van der Waals surface area contributed by atoms with Crippen molar-refractivity contribution < 1.29 is 0 Å². The van der Waals surface area contributed by atoms with Gasteiger partial charge in [-0.25, -0.2) is 0 Å². The number of hydrogen-bond acceptors (Lipinski definition) is 2. The second kappa shape index (κ2) is 6.46. The third-order valence-corrected chi connectivity index (χ3v) is 1.47. The van der Waals surface area contributed by atoms with Crippen LogP contribution in [-0.2, 0) is 6.54 Å². The van der Waals surface area contributed by atoms with Crippen LogP contribution in [0.25, 0.3) is 0 Å². The summed E-state index contributed by atoms with van der Waals surface area (Å²) in [5.41, 5.74) is 12.4. The molecule has 0 fully saturated rings. The number of nitrogens with one attached hydrogen (secondary N) is 1. The maximum atomic E-state index is 7.14. The maximum Gasteiger partial charge on any atom is 0.122 e. The minimum atomic E-state index is 0. The number of amidine groups is 1. The molecule has 74 valence electrons. The van der Waals surface area contributed by atoms with Crippen LogP contribution in [0.5, 0.6) is 0 Å². The predicted octanol–water partition coefficient (Wildman–Crippen LogP) is 1.49. The van der Waals surface area contributed by atoms with Crippen LogP contribution in [0.15, 0.2) is 24.3 Å². The van der Waals surface area contributed by atoms with Crippen LogP contribution in [0.2, 0.25) is 0 Å². The van der Waals surface area contributed by atoms with Gasteiger partial charge in [-0.2, -0.15) is 0 Å². The van der Waals surface area contributed by atoms with Crippen LogP contribution in [0, 0.1) is 5.41 Å². The molecule has 1 aromatic rings. The molecule has 0 amide bonds. The number of halogens is 1. The largest absolute Gasteiger partial charge is 0.384 e. The lowest BCUT2D eigenvalue weighted by atomic mass is 10.1. The van der Waals surface area contributed by atoms with E-state index in [4.69, 9.17) is 16.9 Å². The average Bonchev–Trinajstić information content (AvgIpc) is 2.05. The van der Waals surface area contributed by atoms with Crippen LogP contribution < -0.4 is 11.5 Å². The van der Waals surface area contributed by atoms with Crippen molar-refractivity contribution in [3.63, 3.8) is 0 Å². The molecule has 13 heavy (non-hydrogen) atoms. The Labute approximate surface area is 85.1 Å². The molecule has 0 heterocycles. The molecule has 1 rings (SSSR count). The van der Waals surface area contributed by atoms with Crippen molar-refractivity contribution in [2.45, 2.75) is 14.0 Å². The van der Waals surface area contributed by atoms with Gasteiger partial charge in [-0.3, -0.25) is 5.41 Å². The monoisotopic (exact) mass is 201 g/mol. The Balaban J connectivity index is 0. The first-order valence-electron chi connectivity index (χ1n) is 3.37. The highest BCUT2D eigenvalue weighted by Crippen LogP contribution is 2.02. The van der Waals surface area contributed by atoms with Crippen LogP contribution in [0.1, 0.15) is 18.6 Å². The second-order valence-corrected chi connectivity index (χ2v) is 2.32. The van der Waals surface area contributed by atoms with Crippen LogP contribution >= 0.6 is 12.4 Å². The van der Waals surface area contributed by atoms with E-state index in [1.165, 1.54) is 0 Å². The van der Waals surface area contributed by atoms with E-state index in [2.05, 4.69) is 0 Å². The van der Waals surface area contributed by atoms with Gasteiger partial charge in [0.2, 0.25) is 0 Å². The summed E-state index contributed by atoms with van der Waals surface area (Å²) in [4.78, 5) is 0. The Morgan fingerprint density at radius 1 is 1.38 bits per heavy atom. The second-order valence-electron chi connectivity index (χ2n) is 2.32. The molecular weight excluding hydrogens is 186 g/mol. The van der Waals surface area contributed by atoms with E-state index in [-0.39, 0.29) is 25.7 Å². The van der Waals surface area contributed by atoms with Crippen molar-refractivity contribution in [2.24, 2.45) is 11.5 Å². The molecule has 0 bridgehead atoms. The van der Waals surface area contributed by atoms with Gasteiger partial charge in [0.1, 0.15) is 5.84 Å². The lowest BCUT2D eigenvalue weighted by Crippen LogP contribution is -2.11. The minimum Gasteiger partial charge on any atom is -0.384 e. The van der Waals surface area contributed by atoms with Gasteiger partial charge in [0.05, 0.1) is 0 Å². The maximum absolute atomic E-state index is 7.14. The molecule has 0 saturated carbocycles. The van der Waals surface area contributed by atoms with E-state index in [9.17, 15) is 0 Å². The van der Waals surface area contributed by atoms with Gasteiger partial charge in [-0.05, 0) is 11.6 Å². The van der Waals surface area contributed by atoms with Crippen molar-refractivity contribution in [2.75, 3.05) is 0 Å². The first kappa shape index (κ1) is 14.5. The van der Waals surface area contributed by atoms with E-state index in [1.807, 2.05) is 18.2 Å². The van der Waals surface area contributed by atoms with Crippen LogP contribution in [-0.4, -0.2) is 5.84 Å². The fourth-order valence-electron chi connectivity index (χ4n) is 0.866. The summed E-state index contributed by atoms with van der Waals surface area (Å²) >= 11 is 0. The molecule has 0 aliphatic carbocycles. The molecule has 0 aromatic heterocycles. The highest BCUT2D eigenvalue weighted by Gasteiger charge is 1.95. The molecule has 0 aliphatic rings. The van der Waals surface area contributed by atoms with E-state index >= 15 is 0 Å². The topological polar surface area (TPSA) is 75.9 Å². The Kier molecular flexibility index (Phi) is 7.18. The fourth-order valence-corrected chi connectivity index (χ4v) is 0.866. The molecule has 0 aliphatic heterocycles. The SMILES string of the molecule is C.Cl.N=C(N)c1cccc(CN)c1. The lowest BCUT2D eigenvalue weighted by Gasteiger charge is -1.99. The van der Waals surface area contributed by atoms with Gasteiger partial charge in [0, 0.05) is 12.1 Å². The Hall–Kier alpha value is -1.06. The zero-order valence-electron chi connectivity index (χ0n) is 6.58. The average molecular weight is 202 g/mol. The summed E-state index contributed by atoms with van der Waals surface area (Å²) in [5, 5.41) is 7.14. The smallest absolute Gasteiger partial charge is 0.122 e. The molecule has 0 saturated heterocycles. The van der Waals surface area contributed by atoms with Gasteiger partial charge < -0.3 is 11.5 Å². The zero-order valence-corrected chi connectivity index (χ0v) is 7.40. The summed E-state index contributed by atoms with van der Waals surface area (Å²) in [7, 11) is 0. The summed E-state index contributed by atoms with van der Waals surface area (Å²) < 4.78 is 0. The van der Waals surface area contributed by atoms with E-state index < -0.39 is 0 Å². The number of nitrogen functional groups attached to an aromatic ring is 1. The van der Waals surface area contributed by atoms with Gasteiger partial charge in [-0.15, -0.1) is 12.4 Å². The van der Waals surface area contributed by atoms with Crippen molar-refractivity contribution in [3.05, 3.63) is 35.4 Å². The molecule has 0 atom stereocenters. The van der Waals surface area contributed by atoms with Gasteiger partial charge in [0.25, 0.3) is 0 Å². The molecule has 0 spiro atoms. The highest BCUT2D eigenvalue weighted by molar-refractivity contribution is 5.95. The number of rotatable bonds is 2. The van der Waals surface area contributed by atoms with E-state index in [0.717, 1.165) is 11.1 Å². The predicted molar refractivity (Wildman–Crippen MR) is 59.3 cm³/mol. The lowest BCUT2D eigenvalue weighted by molar-refractivity contribution is 1.07. The Bertz CT molecular complexity index is 273. The molecule has 1 aromatic carbocycles.